The molecule has 0 spiro atoms. The second-order valence-corrected chi connectivity index (χ2v) is 18.6. The van der Waals surface area contributed by atoms with E-state index in [2.05, 4.69) is 67.0 Å². The first-order valence-corrected chi connectivity index (χ1v) is 16.6. The first-order chi connectivity index (χ1) is 10.4. The standard InChI is InChI=1S/C19H42O2Si2/c1-11-14(3)16-13-17(20-22(5,6)7)19(21-23(8,9)10)18(16)15(4)12-2/h14-19H,11-13H2,1-10H3. The predicted octanol–water partition coefficient (Wildman–Crippen LogP) is 6.15. The lowest BCUT2D eigenvalue weighted by atomic mass is 9.76. The van der Waals surface area contributed by atoms with Gasteiger partial charge in [0, 0.05) is 0 Å². The van der Waals surface area contributed by atoms with Gasteiger partial charge in [-0.2, -0.15) is 0 Å². The van der Waals surface area contributed by atoms with Crippen molar-refractivity contribution in [1.29, 1.82) is 0 Å². The molecule has 0 aromatic heterocycles. The van der Waals surface area contributed by atoms with Crippen LogP contribution in [0.5, 0.6) is 0 Å². The Labute approximate surface area is 148 Å². The largest absolute Gasteiger partial charge is 0.412 e. The van der Waals surface area contributed by atoms with E-state index in [-0.39, 0.29) is 0 Å². The van der Waals surface area contributed by atoms with Crippen molar-refractivity contribution < 1.29 is 8.85 Å². The average molecular weight is 359 g/mol. The van der Waals surface area contributed by atoms with Crippen LogP contribution in [0.4, 0.5) is 0 Å². The van der Waals surface area contributed by atoms with Gasteiger partial charge in [-0.05, 0) is 69.4 Å². The molecule has 1 rings (SSSR count). The van der Waals surface area contributed by atoms with E-state index in [0.717, 1.165) is 11.8 Å². The van der Waals surface area contributed by atoms with Crippen LogP contribution in [0.1, 0.15) is 47.0 Å². The van der Waals surface area contributed by atoms with Crippen molar-refractivity contribution in [3.63, 3.8) is 0 Å². The Balaban J connectivity index is 3.13. The summed E-state index contributed by atoms with van der Waals surface area (Å²) < 4.78 is 13.4. The van der Waals surface area contributed by atoms with Gasteiger partial charge in [0.25, 0.3) is 0 Å². The van der Waals surface area contributed by atoms with E-state index in [4.69, 9.17) is 8.85 Å². The minimum Gasteiger partial charge on any atom is -0.412 e. The van der Waals surface area contributed by atoms with Crippen LogP contribution in [0.3, 0.4) is 0 Å². The second-order valence-electron chi connectivity index (χ2n) is 9.71. The maximum Gasteiger partial charge on any atom is 0.184 e. The Morgan fingerprint density at radius 3 is 1.70 bits per heavy atom. The van der Waals surface area contributed by atoms with Crippen LogP contribution < -0.4 is 0 Å². The van der Waals surface area contributed by atoms with Gasteiger partial charge in [-0.1, -0.05) is 40.5 Å². The lowest BCUT2D eigenvalue weighted by molar-refractivity contribution is 0.0226. The highest BCUT2D eigenvalue weighted by Gasteiger charge is 2.49. The Morgan fingerprint density at radius 2 is 1.30 bits per heavy atom. The number of hydrogen-bond acceptors (Lipinski definition) is 2. The zero-order valence-corrected chi connectivity index (χ0v) is 19.4. The summed E-state index contributed by atoms with van der Waals surface area (Å²) in [5.41, 5.74) is 0. The fourth-order valence-corrected chi connectivity index (χ4v) is 6.38. The van der Waals surface area contributed by atoms with Crippen LogP contribution >= 0.6 is 0 Å². The van der Waals surface area contributed by atoms with Gasteiger partial charge in [-0.25, -0.2) is 0 Å². The zero-order valence-electron chi connectivity index (χ0n) is 17.4. The monoisotopic (exact) mass is 358 g/mol. The molecule has 0 saturated heterocycles. The van der Waals surface area contributed by atoms with E-state index < -0.39 is 16.6 Å². The van der Waals surface area contributed by atoms with Gasteiger partial charge in [-0.15, -0.1) is 0 Å². The summed E-state index contributed by atoms with van der Waals surface area (Å²) >= 11 is 0. The predicted molar refractivity (Wildman–Crippen MR) is 107 cm³/mol. The summed E-state index contributed by atoms with van der Waals surface area (Å²) in [7, 11) is -3.13. The topological polar surface area (TPSA) is 18.5 Å². The third-order valence-corrected chi connectivity index (χ3v) is 7.40. The van der Waals surface area contributed by atoms with Gasteiger partial charge in [0.2, 0.25) is 0 Å². The third-order valence-electron chi connectivity index (χ3n) is 5.42. The van der Waals surface area contributed by atoms with Crippen LogP contribution in [-0.4, -0.2) is 28.8 Å². The lowest BCUT2D eigenvalue weighted by Crippen LogP contribution is -2.45. The smallest absolute Gasteiger partial charge is 0.184 e. The van der Waals surface area contributed by atoms with Gasteiger partial charge in [0.05, 0.1) is 12.2 Å². The van der Waals surface area contributed by atoms with Crippen molar-refractivity contribution in [1.82, 2.24) is 0 Å². The highest BCUT2D eigenvalue weighted by atomic mass is 28.4. The quantitative estimate of drug-likeness (QED) is 0.484. The molecule has 138 valence electrons. The second kappa shape index (κ2) is 8.16. The van der Waals surface area contributed by atoms with Gasteiger partial charge < -0.3 is 8.85 Å². The summed E-state index contributed by atoms with van der Waals surface area (Å²) in [4.78, 5) is 0. The minimum absolute atomic E-state index is 0.308. The van der Waals surface area contributed by atoms with Crippen molar-refractivity contribution in [3.05, 3.63) is 0 Å². The molecule has 2 nitrogen and oxygen atoms in total. The van der Waals surface area contributed by atoms with Gasteiger partial charge >= 0.3 is 0 Å². The number of rotatable bonds is 8. The molecule has 1 aliphatic rings. The fourth-order valence-electron chi connectivity index (χ4n) is 4.12. The molecule has 6 atom stereocenters. The highest BCUT2D eigenvalue weighted by Crippen LogP contribution is 2.47. The molecule has 0 amide bonds. The summed E-state index contributed by atoms with van der Waals surface area (Å²) in [5, 5.41) is 0. The Hall–Kier alpha value is 0.354. The molecule has 1 fully saturated rings. The average Bonchev–Trinajstić information content (AvgIpc) is 2.71. The van der Waals surface area contributed by atoms with Crippen molar-refractivity contribution in [2.24, 2.45) is 23.7 Å². The maximum absolute atomic E-state index is 6.75. The van der Waals surface area contributed by atoms with Crippen molar-refractivity contribution in [3.8, 4) is 0 Å². The molecule has 0 aromatic carbocycles. The molecule has 0 aliphatic heterocycles. The van der Waals surface area contributed by atoms with E-state index in [1.807, 2.05) is 0 Å². The third kappa shape index (κ3) is 6.30. The highest BCUT2D eigenvalue weighted by molar-refractivity contribution is 6.70. The summed E-state index contributed by atoms with van der Waals surface area (Å²) in [6.45, 7) is 23.4. The summed E-state index contributed by atoms with van der Waals surface area (Å²) in [6.07, 6.45) is 4.32. The summed E-state index contributed by atoms with van der Waals surface area (Å²) in [5.74, 6) is 2.88. The maximum atomic E-state index is 6.75. The Bertz CT molecular complexity index is 359. The zero-order chi connectivity index (χ0) is 18.0. The first-order valence-electron chi connectivity index (χ1n) is 9.75. The SMILES string of the molecule is CCC(C)C1CC(O[Si](C)(C)C)C(O[Si](C)(C)C)C1C(C)CC. The molecule has 0 N–H and O–H groups in total. The van der Waals surface area contributed by atoms with E-state index in [9.17, 15) is 0 Å². The fraction of sp³-hybridized carbons (Fsp3) is 1.00. The van der Waals surface area contributed by atoms with Crippen LogP contribution in [0.25, 0.3) is 0 Å². The molecular formula is C19H42O2Si2. The van der Waals surface area contributed by atoms with Crippen LogP contribution in [0.2, 0.25) is 39.3 Å². The molecule has 1 aliphatic carbocycles. The summed E-state index contributed by atoms with van der Waals surface area (Å²) in [6, 6.07) is 0. The van der Waals surface area contributed by atoms with E-state index >= 15 is 0 Å². The lowest BCUT2D eigenvalue weighted by Gasteiger charge is -2.38. The van der Waals surface area contributed by atoms with Crippen molar-refractivity contribution in [2.75, 3.05) is 0 Å². The molecule has 6 unspecified atom stereocenters. The van der Waals surface area contributed by atoms with E-state index in [1.165, 1.54) is 19.3 Å². The molecule has 0 heterocycles. The van der Waals surface area contributed by atoms with Gasteiger partial charge in [0.15, 0.2) is 16.6 Å². The van der Waals surface area contributed by atoms with E-state index in [1.54, 1.807) is 0 Å². The molecule has 0 radical (unpaired) electrons. The van der Waals surface area contributed by atoms with Crippen molar-refractivity contribution >= 4 is 16.6 Å². The molecule has 0 aromatic rings. The minimum atomic E-state index is -1.58. The Kier molecular flexibility index (Phi) is 7.59. The van der Waals surface area contributed by atoms with Gasteiger partial charge in [-0.3, -0.25) is 0 Å². The van der Waals surface area contributed by atoms with Crippen molar-refractivity contribution in [2.45, 2.75) is 98.4 Å². The van der Waals surface area contributed by atoms with E-state index in [0.29, 0.717) is 24.0 Å². The normalized spacial score (nSPS) is 32.1. The van der Waals surface area contributed by atoms with Crippen LogP contribution in [0, 0.1) is 23.7 Å². The molecule has 0 bridgehead atoms. The first kappa shape index (κ1) is 21.4. The molecular weight excluding hydrogens is 316 g/mol. The molecule has 1 saturated carbocycles. The van der Waals surface area contributed by atoms with Gasteiger partial charge in [0.1, 0.15) is 0 Å². The molecule has 4 heteroatoms. The number of hydrogen-bond donors (Lipinski definition) is 0. The Morgan fingerprint density at radius 1 is 0.826 bits per heavy atom. The van der Waals surface area contributed by atoms with Crippen LogP contribution in [0.15, 0.2) is 0 Å². The molecule has 23 heavy (non-hydrogen) atoms. The van der Waals surface area contributed by atoms with Crippen LogP contribution in [-0.2, 0) is 8.85 Å².